The van der Waals surface area contributed by atoms with Crippen LogP contribution < -0.4 is 5.11 Å². The minimum Gasteiger partial charge on any atom is -0.861 e. The van der Waals surface area contributed by atoms with Crippen LogP contribution in [-0.2, 0) is 10.4 Å². The topological polar surface area (TPSA) is 57.0 Å². The highest BCUT2D eigenvalue weighted by Crippen LogP contribution is 2.49. The molecule has 0 saturated heterocycles. The van der Waals surface area contributed by atoms with Gasteiger partial charge in [0.15, 0.2) is 0 Å². The van der Waals surface area contributed by atoms with Crippen LogP contribution in [-0.4, -0.2) is 17.8 Å². The second-order valence-electron chi connectivity index (χ2n) is 8.01. The van der Waals surface area contributed by atoms with Gasteiger partial charge in [-0.05, 0) is 41.6 Å². The van der Waals surface area contributed by atoms with Crippen molar-refractivity contribution in [3.63, 3.8) is 0 Å². The lowest BCUT2D eigenvalue weighted by atomic mass is 9.86. The number of halogens is 5. The number of oxime groups is 1. The first kappa shape index (κ1) is 22.4. The van der Waals surface area contributed by atoms with Gasteiger partial charge in [0.25, 0.3) is 5.60 Å². The Kier molecular flexibility index (Phi) is 5.82. The van der Waals surface area contributed by atoms with E-state index >= 15 is 0 Å². The Bertz CT molecular complexity index is 1010. The molecule has 0 aromatic heterocycles. The molecule has 1 aliphatic heterocycles. The normalized spacial score (nSPS) is 20.1. The molecule has 0 spiro atoms. The third-order valence-corrected chi connectivity index (χ3v) is 5.00. The van der Waals surface area contributed by atoms with Gasteiger partial charge in [0.1, 0.15) is 0 Å². The predicted octanol–water partition coefficient (Wildman–Crippen LogP) is 6.01. The van der Waals surface area contributed by atoms with E-state index in [0.717, 1.165) is 12.1 Å². The van der Waals surface area contributed by atoms with Crippen molar-refractivity contribution in [3.05, 3.63) is 63.6 Å². The molecule has 0 radical (unpaired) electrons. The first-order chi connectivity index (χ1) is 13.8. The van der Waals surface area contributed by atoms with Crippen molar-refractivity contribution >= 4 is 40.5 Å². The summed E-state index contributed by atoms with van der Waals surface area (Å²) in [6, 6.07) is 9.93. The van der Waals surface area contributed by atoms with E-state index in [2.05, 4.69) is 10.1 Å². The van der Waals surface area contributed by atoms with E-state index in [1.807, 2.05) is 0 Å². The molecule has 0 aliphatic carbocycles. The average molecular weight is 458 g/mol. The molecule has 0 amide bonds. The fraction of sp³-hybridized carbons (Fsp3) is 0.333. The predicted molar refractivity (Wildman–Crippen MR) is 109 cm³/mol. The van der Waals surface area contributed by atoms with Gasteiger partial charge < -0.3 is 9.94 Å². The highest BCUT2D eigenvalue weighted by molar-refractivity contribution is 6.34. The van der Waals surface area contributed by atoms with Gasteiger partial charge in [0.2, 0.25) is 0 Å². The number of alkyl halides is 3. The zero-order valence-corrected chi connectivity index (χ0v) is 17.9. The summed E-state index contributed by atoms with van der Waals surface area (Å²) < 4.78 is 42.3. The van der Waals surface area contributed by atoms with Gasteiger partial charge in [0, 0.05) is 27.6 Å². The average Bonchev–Trinajstić information content (AvgIpc) is 3.07. The summed E-state index contributed by atoms with van der Waals surface area (Å²) in [6.07, 6.45) is -5.36. The first-order valence-corrected chi connectivity index (χ1v) is 9.72. The van der Waals surface area contributed by atoms with Gasteiger partial charge in [-0.1, -0.05) is 61.3 Å². The summed E-state index contributed by atoms with van der Waals surface area (Å²) in [4.78, 5) is 9.03. The fourth-order valence-electron chi connectivity index (χ4n) is 2.89. The Morgan fingerprint density at radius 3 is 2.30 bits per heavy atom. The molecule has 4 nitrogen and oxygen atoms in total. The van der Waals surface area contributed by atoms with Crippen LogP contribution in [0.25, 0.3) is 0 Å². The summed E-state index contributed by atoms with van der Waals surface area (Å²) >= 11 is 11.8. The van der Waals surface area contributed by atoms with Crippen molar-refractivity contribution in [2.45, 2.75) is 39.0 Å². The standard InChI is InChI=1S/C21H19Cl2F3N2O2/c1-19(2,3)18(29)27-16-6-4-5-12(7-16)17-11-20(30-28-17,21(24,25)26)13-8-14(22)10-15(23)9-13/h4-10H,11H2,1-3H3,(H,27,29)/p-1. The molecule has 1 atom stereocenters. The summed E-state index contributed by atoms with van der Waals surface area (Å²) in [6.45, 7) is 5.18. The summed E-state index contributed by atoms with van der Waals surface area (Å²) in [5.74, 6) is -0.345. The fourth-order valence-corrected chi connectivity index (χ4v) is 3.41. The zero-order chi connectivity index (χ0) is 22.3. The van der Waals surface area contributed by atoms with E-state index in [-0.39, 0.29) is 27.2 Å². The second-order valence-corrected chi connectivity index (χ2v) is 8.88. The molecule has 3 rings (SSSR count). The molecule has 30 heavy (non-hydrogen) atoms. The highest BCUT2D eigenvalue weighted by Gasteiger charge is 2.62. The third kappa shape index (κ3) is 4.42. The SMILES string of the molecule is CC(C)(C)C([O-])=Nc1cccc(C2=NOC(c3cc(Cl)cc(Cl)c3)(C(F)(F)F)C2)c1. The van der Waals surface area contributed by atoms with Gasteiger partial charge in [-0.3, -0.25) is 4.99 Å². The minimum atomic E-state index is -4.78. The van der Waals surface area contributed by atoms with Crippen LogP contribution in [0.5, 0.6) is 0 Å². The molecular formula is C21H18Cl2F3N2O2-. The van der Waals surface area contributed by atoms with Crippen LogP contribution in [0.3, 0.4) is 0 Å². The number of hydrogen-bond acceptors (Lipinski definition) is 4. The maximum Gasteiger partial charge on any atom is 0.435 e. The smallest absolute Gasteiger partial charge is 0.435 e. The van der Waals surface area contributed by atoms with Crippen LogP contribution in [0.4, 0.5) is 18.9 Å². The Balaban J connectivity index is 1.98. The lowest BCUT2D eigenvalue weighted by molar-refractivity contribution is -0.275. The molecule has 2 aromatic rings. The number of aliphatic imine (C=N–C) groups is 1. The number of benzene rings is 2. The van der Waals surface area contributed by atoms with Crippen LogP contribution in [0.15, 0.2) is 52.6 Å². The zero-order valence-electron chi connectivity index (χ0n) is 16.3. The third-order valence-electron chi connectivity index (χ3n) is 4.57. The van der Waals surface area contributed by atoms with Gasteiger partial charge in [-0.25, -0.2) is 0 Å². The Hall–Kier alpha value is -2.25. The Morgan fingerprint density at radius 1 is 1.10 bits per heavy atom. The molecule has 0 bridgehead atoms. The number of rotatable bonds is 3. The summed E-state index contributed by atoms with van der Waals surface area (Å²) in [5, 5.41) is 16.0. The van der Waals surface area contributed by atoms with Crippen molar-refractivity contribution in [2.75, 3.05) is 0 Å². The molecular weight excluding hydrogens is 440 g/mol. The van der Waals surface area contributed by atoms with E-state index in [9.17, 15) is 18.3 Å². The van der Waals surface area contributed by atoms with Crippen molar-refractivity contribution in [1.82, 2.24) is 0 Å². The Labute approximate surface area is 182 Å². The molecule has 160 valence electrons. The van der Waals surface area contributed by atoms with Gasteiger partial charge in [-0.2, -0.15) is 13.2 Å². The molecule has 0 N–H and O–H groups in total. The molecule has 9 heteroatoms. The Morgan fingerprint density at radius 2 is 1.73 bits per heavy atom. The van der Waals surface area contributed by atoms with E-state index in [0.29, 0.717) is 11.3 Å². The minimum absolute atomic E-state index is 0.0552. The van der Waals surface area contributed by atoms with E-state index in [1.165, 1.54) is 12.1 Å². The van der Waals surface area contributed by atoms with Crippen LogP contribution in [0.1, 0.15) is 38.3 Å². The number of nitrogens with zero attached hydrogens (tertiary/aromatic N) is 2. The quantitative estimate of drug-likeness (QED) is 0.418. The van der Waals surface area contributed by atoms with Gasteiger partial charge in [-0.15, -0.1) is 0 Å². The summed E-state index contributed by atoms with van der Waals surface area (Å²) in [7, 11) is 0. The van der Waals surface area contributed by atoms with Crippen molar-refractivity contribution in [1.29, 1.82) is 0 Å². The largest absolute Gasteiger partial charge is 0.861 e. The van der Waals surface area contributed by atoms with Crippen LogP contribution in [0, 0.1) is 5.41 Å². The molecule has 1 heterocycles. The van der Waals surface area contributed by atoms with Crippen molar-refractivity contribution in [2.24, 2.45) is 15.6 Å². The van der Waals surface area contributed by atoms with Crippen molar-refractivity contribution in [3.8, 4) is 0 Å². The van der Waals surface area contributed by atoms with E-state index < -0.39 is 23.6 Å². The second kappa shape index (κ2) is 7.78. The van der Waals surface area contributed by atoms with Crippen LogP contribution in [0.2, 0.25) is 10.0 Å². The van der Waals surface area contributed by atoms with E-state index in [4.69, 9.17) is 28.0 Å². The first-order valence-electron chi connectivity index (χ1n) is 8.97. The number of hydrogen-bond donors (Lipinski definition) is 0. The lowest BCUT2D eigenvalue weighted by Gasteiger charge is -2.29. The molecule has 2 aromatic carbocycles. The monoisotopic (exact) mass is 457 g/mol. The lowest BCUT2D eigenvalue weighted by Crippen LogP contribution is -2.42. The van der Waals surface area contributed by atoms with Gasteiger partial charge in [0.05, 0.1) is 11.4 Å². The van der Waals surface area contributed by atoms with Crippen molar-refractivity contribution < 1.29 is 23.1 Å². The maximum atomic E-state index is 14.1. The molecule has 0 saturated carbocycles. The highest BCUT2D eigenvalue weighted by atomic mass is 35.5. The molecule has 1 unspecified atom stereocenters. The van der Waals surface area contributed by atoms with Gasteiger partial charge >= 0.3 is 6.18 Å². The summed E-state index contributed by atoms with van der Waals surface area (Å²) in [5.41, 5.74) is -2.87. The maximum absolute atomic E-state index is 14.1. The van der Waals surface area contributed by atoms with Crippen LogP contribution >= 0.6 is 23.2 Å². The van der Waals surface area contributed by atoms with E-state index in [1.54, 1.807) is 39.0 Å². The molecule has 0 fully saturated rings. The molecule has 1 aliphatic rings.